The Hall–Kier alpha value is -2.96. The third-order valence-electron chi connectivity index (χ3n) is 2.37. The fraction of sp³-hybridized carbons (Fsp3) is 0. The third kappa shape index (κ3) is 3.29. The molecule has 1 aromatic heterocycles. The van der Waals surface area contributed by atoms with Crippen LogP contribution in [0.5, 0.6) is 0 Å². The average molecular weight is 280 g/mol. The number of amides is 1. The first-order valence-electron chi connectivity index (χ1n) is 5.56. The quantitative estimate of drug-likeness (QED) is 0.691. The van der Waals surface area contributed by atoms with E-state index in [9.17, 15) is 4.79 Å². The zero-order chi connectivity index (χ0) is 14.4. The van der Waals surface area contributed by atoms with E-state index in [1.54, 1.807) is 35.8 Å². The highest BCUT2D eigenvalue weighted by Gasteiger charge is 2.10. The van der Waals surface area contributed by atoms with Crippen LogP contribution in [0.15, 0.2) is 41.4 Å². The van der Waals surface area contributed by atoms with Gasteiger partial charge in [0.1, 0.15) is 11.6 Å². The van der Waals surface area contributed by atoms with E-state index in [0.29, 0.717) is 16.3 Å². The number of carbonyl (C=O) groups excluding carboxylic acids is 1. The van der Waals surface area contributed by atoms with E-state index >= 15 is 0 Å². The van der Waals surface area contributed by atoms with Gasteiger partial charge in [0.15, 0.2) is 5.13 Å². The van der Waals surface area contributed by atoms with Gasteiger partial charge in [-0.05, 0) is 23.8 Å². The van der Waals surface area contributed by atoms with Crippen molar-refractivity contribution < 1.29 is 4.79 Å². The lowest BCUT2D eigenvalue weighted by atomic mass is 10.1. The number of hydrogen-bond acceptors (Lipinski definition) is 5. The Labute approximate surface area is 119 Å². The van der Waals surface area contributed by atoms with Gasteiger partial charge in [-0.1, -0.05) is 12.1 Å². The van der Waals surface area contributed by atoms with E-state index in [1.165, 1.54) is 17.4 Å². The molecule has 0 aliphatic heterocycles. The summed E-state index contributed by atoms with van der Waals surface area (Å²) in [6.07, 6.45) is 3.03. The molecule has 1 amide bonds. The minimum Gasteiger partial charge on any atom is -0.297 e. The average Bonchev–Trinajstić information content (AvgIpc) is 2.98. The normalized spacial score (nSPS) is 10.4. The van der Waals surface area contributed by atoms with Crippen molar-refractivity contribution in [2.75, 3.05) is 5.32 Å². The van der Waals surface area contributed by atoms with Gasteiger partial charge in [-0.15, -0.1) is 11.3 Å². The lowest BCUT2D eigenvalue weighted by Gasteiger charge is -2.00. The van der Waals surface area contributed by atoms with Gasteiger partial charge in [-0.25, -0.2) is 4.98 Å². The Morgan fingerprint density at radius 2 is 2.05 bits per heavy atom. The van der Waals surface area contributed by atoms with Gasteiger partial charge < -0.3 is 0 Å². The highest BCUT2D eigenvalue weighted by molar-refractivity contribution is 7.13. The first kappa shape index (κ1) is 13.5. The van der Waals surface area contributed by atoms with E-state index in [4.69, 9.17) is 10.5 Å². The monoisotopic (exact) mass is 280 g/mol. The molecular formula is C14H8N4OS. The van der Waals surface area contributed by atoms with E-state index in [-0.39, 0.29) is 5.57 Å². The summed E-state index contributed by atoms with van der Waals surface area (Å²) in [6, 6.07) is 10.4. The number of hydrogen-bond donors (Lipinski definition) is 1. The molecule has 20 heavy (non-hydrogen) atoms. The zero-order valence-electron chi connectivity index (χ0n) is 10.2. The Bertz CT molecular complexity index is 718. The van der Waals surface area contributed by atoms with Crippen LogP contribution in [0, 0.1) is 22.7 Å². The van der Waals surface area contributed by atoms with Gasteiger partial charge in [0.2, 0.25) is 0 Å². The maximum atomic E-state index is 11.9. The highest BCUT2D eigenvalue weighted by atomic mass is 32.1. The van der Waals surface area contributed by atoms with Crippen LogP contribution in [-0.4, -0.2) is 10.9 Å². The Kier molecular flexibility index (Phi) is 4.23. The predicted molar refractivity (Wildman–Crippen MR) is 75.5 cm³/mol. The number of rotatable bonds is 3. The fourth-order valence-electron chi connectivity index (χ4n) is 1.42. The summed E-state index contributed by atoms with van der Waals surface area (Å²) in [5, 5.41) is 22.4. The molecule has 0 saturated heterocycles. The van der Waals surface area contributed by atoms with Crippen molar-refractivity contribution in [3.05, 3.63) is 52.5 Å². The smallest absolute Gasteiger partial charge is 0.268 e. The molecule has 1 heterocycles. The van der Waals surface area contributed by atoms with Crippen LogP contribution in [0.1, 0.15) is 11.1 Å². The number of carbonyl (C=O) groups is 1. The molecule has 0 unspecified atom stereocenters. The summed E-state index contributed by atoms with van der Waals surface area (Å²) < 4.78 is 0. The van der Waals surface area contributed by atoms with Crippen LogP contribution in [-0.2, 0) is 4.79 Å². The maximum absolute atomic E-state index is 11.9. The Morgan fingerprint density at radius 1 is 1.30 bits per heavy atom. The van der Waals surface area contributed by atoms with Gasteiger partial charge in [0.25, 0.3) is 5.91 Å². The topological polar surface area (TPSA) is 89.6 Å². The first-order chi connectivity index (χ1) is 9.72. The van der Waals surface area contributed by atoms with Crippen molar-refractivity contribution in [1.29, 1.82) is 10.5 Å². The molecule has 0 aliphatic carbocycles. The zero-order valence-corrected chi connectivity index (χ0v) is 11.0. The van der Waals surface area contributed by atoms with Crippen LogP contribution in [0.3, 0.4) is 0 Å². The van der Waals surface area contributed by atoms with Crippen LogP contribution < -0.4 is 5.32 Å². The van der Waals surface area contributed by atoms with Gasteiger partial charge in [-0.2, -0.15) is 10.5 Å². The molecule has 0 saturated carbocycles. The number of benzene rings is 1. The molecule has 2 rings (SSSR count). The Balaban J connectivity index is 2.18. The Morgan fingerprint density at radius 3 is 2.60 bits per heavy atom. The number of aromatic nitrogens is 1. The van der Waals surface area contributed by atoms with Crippen LogP contribution in [0.2, 0.25) is 0 Å². The predicted octanol–water partition coefficient (Wildman–Crippen LogP) is 2.56. The molecule has 0 fully saturated rings. The largest absolute Gasteiger partial charge is 0.297 e. The lowest BCUT2D eigenvalue weighted by Crippen LogP contribution is -2.13. The molecule has 6 heteroatoms. The van der Waals surface area contributed by atoms with Crippen molar-refractivity contribution in [3.63, 3.8) is 0 Å². The molecule has 0 aliphatic rings. The van der Waals surface area contributed by atoms with Crippen molar-refractivity contribution in [3.8, 4) is 12.1 Å². The number of anilines is 1. The highest BCUT2D eigenvalue weighted by Crippen LogP contribution is 2.13. The fourth-order valence-corrected chi connectivity index (χ4v) is 1.94. The molecule has 1 aromatic carbocycles. The molecule has 96 valence electrons. The molecule has 5 nitrogen and oxygen atoms in total. The second-order valence-corrected chi connectivity index (χ2v) is 4.59. The molecule has 1 N–H and O–H groups in total. The van der Waals surface area contributed by atoms with E-state index in [1.807, 2.05) is 12.1 Å². The maximum Gasteiger partial charge on any atom is 0.268 e. The standard InChI is InChI=1S/C14H8N4OS/c15-8-11-3-1-10(2-4-11)7-12(9-16)13(19)18-14-17-5-6-20-14/h1-7H,(H,17,18,19)/b12-7+. The number of nitrogens with one attached hydrogen (secondary N) is 1. The number of nitriles is 2. The van der Waals surface area contributed by atoms with Gasteiger partial charge in [0, 0.05) is 11.6 Å². The van der Waals surface area contributed by atoms with Gasteiger partial charge in [0.05, 0.1) is 11.6 Å². The molecule has 0 bridgehead atoms. The van der Waals surface area contributed by atoms with Crippen LogP contribution in [0.4, 0.5) is 5.13 Å². The van der Waals surface area contributed by atoms with Gasteiger partial charge in [-0.3, -0.25) is 10.1 Å². The molecule has 0 spiro atoms. The van der Waals surface area contributed by atoms with E-state index < -0.39 is 5.91 Å². The van der Waals surface area contributed by atoms with Crippen molar-refractivity contribution in [2.45, 2.75) is 0 Å². The minimum absolute atomic E-state index is 0.0232. The summed E-state index contributed by atoms with van der Waals surface area (Å²) in [6.45, 7) is 0. The number of nitrogens with zero attached hydrogens (tertiary/aromatic N) is 3. The summed E-state index contributed by atoms with van der Waals surface area (Å²) in [5.74, 6) is -0.508. The van der Waals surface area contributed by atoms with Crippen LogP contribution in [0.25, 0.3) is 6.08 Å². The van der Waals surface area contributed by atoms with Gasteiger partial charge >= 0.3 is 0 Å². The lowest BCUT2D eigenvalue weighted by molar-refractivity contribution is -0.112. The molecular weight excluding hydrogens is 272 g/mol. The molecule has 0 radical (unpaired) electrons. The van der Waals surface area contributed by atoms with Crippen molar-refractivity contribution in [1.82, 2.24) is 4.98 Å². The third-order valence-corrected chi connectivity index (χ3v) is 3.06. The van der Waals surface area contributed by atoms with Crippen molar-refractivity contribution >= 4 is 28.5 Å². The summed E-state index contributed by atoms with van der Waals surface area (Å²) in [4.78, 5) is 15.8. The van der Waals surface area contributed by atoms with E-state index in [2.05, 4.69) is 10.3 Å². The summed E-state index contributed by atoms with van der Waals surface area (Å²) in [7, 11) is 0. The number of thiazole rings is 1. The minimum atomic E-state index is -0.508. The van der Waals surface area contributed by atoms with Crippen LogP contribution >= 0.6 is 11.3 Å². The molecule has 0 atom stereocenters. The molecule has 2 aromatic rings. The van der Waals surface area contributed by atoms with E-state index in [0.717, 1.165) is 0 Å². The second kappa shape index (κ2) is 6.28. The SMILES string of the molecule is N#C/C(=C\c1ccc(C#N)cc1)C(=O)Nc1nccs1. The second-order valence-electron chi connectivity index (χ2n) is 3.70. The summed E-state index contributed by atoms with van der Waals surface area (Å²) >= 11 is 1.27. The first-order valence-corrected chi connectivity index (χ1v) is 6.43. The summed E-state index contributed by atoms with van der Waals surface area (Å²) in [5.41, 5.74) is 1.17. The van der Waals surface area contributed by atoms with Crippen molar-refractivity contribution in [2.24, 2.45) is 0 Å².